The van der Waals surface area contributed by atoms with Crippen LogP contribution in [0.2, 0.25) is 0 Å². The minimum atomic E-state index is -4.48. The summed E-state index contributed by atoms with van der Waals surface area (Å²) in [6.45, 7) is 1.53. The van der Waals surface area contributed by atoms with Crippen molar-refractivity contribution in [3.63, 3.8) is 0 Å². The fraction of sp³-hybridized carbons (Fsp3) is 0.308. The van der Waals surface area contributed by atoms with Crippen LogP contribution in [0, 0.1) is 0 Å². The van der Waals surface area contributed by atoms with Gasteiger partial charge in [0, 0.05) is 0 Å². The fourth-order valence-electron chi connectivity index (χ4n) is 1.88. The normalized spacial score (nSPS) is 13.9. The van der Waals surface area contributed by atoms with Crippen molar-refractivity contribution in [2.75, 3.05) is 6.26 Å². The first-order valence-corrected chi connectivity index (χ1v) is 8.02. The van der Waals surface area contributed by atoms with E-state index in [1.807, 2.05) is 0 Å². The van der Waals surface area contributed by atoms with Gasteiger partial charge >= 0.3 is 6.18 Å². The van der Waals surface area contributed by atoms with Gasteiger partial charge in [0.05, 0.1) is 23.7 Å². The SMILES string of the molecule is C[C@H](Oc1cccc(C(F)(F)F)c1)c1ccnn1S(C)(=O)=O. The molecule has 1 atom stereocenters. The first kappa shape index (κ1) is 16.3. The molecule has 5 nitrogen and oxygen atoms in total. The predicted molar refractivity (Wildman–Crippen MR) is 73.0 cm³/mol. The van der Waals surface area contributed by atoms with Gasteiger partial charge in [0.15, 0.2) is 0 Å². The molecule has 0 radical (unpaired) electrons. The Kier molecular flexibility index (Phi) is 4.19. The number of nitrogens with zero attached hydrogens (tertiary/aromatic N) is 2. The molecular formula is C13H13F3N2O3S. The highest BCUT2D eigenvalue weighted by atomic mass is 32.2. The number of halogens is 3. The van der Waals surface area contributed by atoms with E-state index in [4.69, 9.17) is 4.74 Å². The Hall–Kier alpha value is -2.03. The third kappa shape index (κ3) is 3.59. The predicted octanol–water partition coefficient (Wildman–Crippen LogP) is 2.85. The van der Waals surface area contributed by atoms with E-state index in [-0.39, 0.29) is 11.4 Å². The number of aromatic nitrogens is 2. The molecule has 1 heterocycles. The Labute approximate surface area is 125 Å². The van der Waals surface area contributed by atoms with E-state index in [1.165, 1.54) is 31.3 Å². The largest absolute Gasteiger partial charge is 0.484 e. The molecule has 2 rings (SSSR count). The van der Waals surface area contributed by atoms with Crippen LogP contribution in [0.5, 0.6) is 5.75 Å². The summed E-state index contributed by atoms with van der Waals surface area (Å²) in [6, 6.07) is 5.81. The van der Waals surface area contributed by atoms with E-state index < -0.39 is 27.9 Å². The maximum Gasteiger partial charge on any atom is 0.416 e. The molecule has 0 aliphatic heterocycles. The number of ether oxygens (including phenoxy) is 1. The van der Waals surface area contributed by atoms with Crippen molar-refractivity contribution in [1.82, 2.24) is 9.19 Å². The van der Waals surface area contributed by atoms with Crippen LogP contribution in [0.4, 0.5) is 13.2 Å². The second-order valence-electron chi connectivity index (χ2n) is 4.65. The topological polar surface area (TPSA) is 61.2 Å². The quantitative estimate of drug-likeness (QED) is 0.863. The van der Waals surface area contributed by atoms with Crippen LogP contribution in [0.25, 0.3) is 0 Å². The van der Waals surface area contributed by atoms with E-state index in [9.17, 15) is 21.6 Å². The molecule has 1 aromatic carbocycles. The third-order valence-electron chi connectivity index (χ3n) is 2.84. The highest BCUT2D eigenvalue weighted by Crippen LogP contribution is 2.32. The number of hydrogen-bond donors (Lipinski definition) is 0. The molecule has 0 fully saturated rings. The first-order valence-electron chi connectivity index (χ1n) is 6.17. The molecule has 0 aliphatic rings. The molecule has 0 bridgehead atoms. The lowest BCUT2D eigenvalue weighted by atomic mass is 10.2. The van der Waals surface area contributed by atoms with Gasteiger partial charge in [-0.3, -0.25) is 0 Å². The van der Waals surface area contributed by atoms with E-state index in [1.54, 1.807) is 0 Å². The lowest BCUT2D eigenvalue weighted by molar-refractivity contribution is -0.137. The first-order chi connectivity index (χ1) is 10.1. The van der Waals surface area contributed by atoms with Gasteiger partial charge in [-0.15, -0.1) is 0 Å². The Morgan fingerprint density at radius 3 is 2.55 bits per heavy atom. The molecule has 0 saturated heterocycles. The van der Waals surface area contributed by atoms with Crippen molar-refractivity contribution in [3.05, 3.63) is 47.8 Å². The number of benzene rings is 1. The lowest BCUT2D eigenvalue weighted by Crippen LogP contribution is -2.18. The summed E-state index contributed by atoms with van der Waals surface area (Å²) in [5.74, 6) is -0.0106. The van der Waals surface area contributed by atoms with Crippen molar-refractivity contribution >= 4 is 10.0 Å². The molecule has 9 heteroatoms. The molecule has 0 aliphatic carbocycles. The second-order valence-corrected chi connectivity index (χ2v) is 6.46. The number of alkyl halides is 3. The van der Waals surface area contributed by atoms with Gasteiger partial charge in [-0.25, -0.2) is 8.42 Å². The van der Waals surface area contributed by atoms with Crippen molar-refractivity contribution in [1.29, 1.82) is 0 Å². The van der Waals surface area contributed by atoms with Crippen molar-refractivity contribution in [3.8, 4) is 5.75 Å². The van der Waals surface area contributed by atoms with Crippen LogP contribution in [0.15, 0.2) is 36.5 Å². The summed E-state index contributed by atoms with van der Waals surface area (Å²) in [5.41, 5.74) is -0.617. The number of rotatable bonds is 4. The average Bonchev–Trinajstić information content (AvgIpc) is 2.87. The van der Waals surface area contributed by atoms with E-state index >= 15 is 0 Å². The van der Waals surface area contributed by atoms with Gasteiger partial charge in [0.2, 0.25) is 0 Å². The van der Waals surface area contributed by atoms with Crippen LogP contribution in [0.1, 0.15) is 24.3 Å². The van der Waals surface area contributed by atoms with Crippen LogP contribution < -0.4 is 4.74 Å². The minimum absolute atomic E-state index is 0.0106. The molecule has 0 spiro atoms. The highest BCUT2D eigenvalue weighted by Gasteiger charge is 2.30. The minimum Gasteiger partial charge on any atom is -0.484 e. The van der Waals surface area contributed by atoms with Crippen molar-refractivity contribution in [2.45, 2.75) is 19.2 Å². The summed E-state index contributed by atoms with van der Waals surface area (Å²) in [5, 5.41) is 3.68. The smallest absolute Gasteiger partial charge is 0.416 e. The zero-order valence-corrected chi connectivity index (χ0v) is 12.5. The Morgan fingerprint density at radius 1 is 1.27 bits per heavy atom. The fourth-order valence-corrected chi connectivity index (χ4v) is 2.70. The van der Waals surface area contributed by atoms with Crippen molar-refractivity contribution < 1.29 is 26.3 Å². The molecular weight excluding hydrogens is 321 g/mol. The van der Waals surface area contributed by atoms with E-state index in [0.717, 1.165) is 22.5 Å². The van der Waals surface area contributed by atoms with E-state index in [2.05, 4.69) is 5.10 Å². The maximum absolute atomic E-state index is 12.7. The molecule has 0 amide bonds. The molecule has 1 aromatic heterocycles. The average molecular weight is 334 g/mol. The standard InChI is InChI=1S/C13H13F3N2O3S/c1-9(12-6-7-17-18(12)22(2,19)20)21-11-5-3-4-10(8-11)13(14,15)16/h3-9H,1-2H3/t9-/m0/s1. The molecule has 2 aromatic rings. The van der Waals surface area contributed by atoms with Crippen LogP contribution in [0.3, 0.4) is 0 Å². The molecule has 22 heavy (non-hydrogen) atoms. The van der Waals surface area contributed by atoms with Gasteiger partial charge < -0.3 is 4.74 Å². The van der Waals surface area contributed by atoms with Crippen molar-refractivity contribution in [2.24, 2.45) is 0 Å². The summed E-state index contributed by atoms with van der Waals surface area (Å²) < 4.78 is 67.2. The van der Waals surface area contributed by atoms with Gasteiger partial charge in [0.1, 0.15) is 11.9 Å². The zero-order valence-electron chi connectivity index (χ0n) is 11.7. The second kappa shape index (κ2) is 5.64. The summed E-state index contributed by atoms with van der Waals surface area (Å²) >= 11 is 0. The Morgan fingerprint density at radius 2 is 1.95 bits per heavy atom. The van der Waals surface area contributed by atoms with E-state index in [0.29, 0.717) is 0 Å². The molecule has 120 valence electrons. The van der Waals surface area contributed by atoms with Gasteiger partial charge in [-0.2, -0.15) is 22.4 Å². The zero-order chi connectivity index (χ0) is 16.5. The summed E-state index contributed by atoms with van der Waals surface area (Å²) in [6.07, 6.45) is -3.01. The van der Waals surface area contributed by atoms with Gasteiger partial charge in [0.25, 0.3) is 10.0 Å². The third-order valence-corrected chi connectivity index (χ3v) is 3.78. The molecule has 0 N–H and O–H groups in total. The monoisotopic (exact) mass is 334 g/mol. The van der Waals surface area contributed by atoms with Gasteiger partial charge in [-0.1, -0.05) is 6.07 Å². The van der Waals surface area contributed by atoms with Crippen LogP contribution >= 0.6 is 0 Å². The Bertz CT molecular complexity index is 769. The molecule has 0 saturated carbocycles. The lowest BCUT2D eigenvalue weighted by Gasteiger charge is -2.16. The maximum atomic E-state index is 12.7. The number of hydrogen-bond acceptors (Lipinski definition) is 4. The van der Waals surface area contributed by atoms with Crippen LogP contribution in [-0.4, -0.2) is 23.9 Å². The summed E-state index contributed by atoms with van der Waals surface area (Å²) in [4.78, 5) is 0. The summed E-state index contributed by atoms with van der Waals surface area (Å²) in [7, 11) is -3.61. The molecule has 0 unspecified atom stereocenters. The highest BCUT2D eigenvalue weighted by molar-refractivity contribution is 7.89. The van der Waals surface area contributed by atoms with Gasteiger partial charge in [-0.05, 0) is 31.2 Å². The Balaban J connectivity index is 2.27. The van der Waals surface area contributed by atoms with Crippen LogP contribution in [-0.2, 0) is 16.2 Å².